The predicted octanol–water partition coefficient (Wildman–Crippen LogP) is 5.99. The van der Waals surface area contributed by atoms with E-state index in [0.29, 0.717) is 17.2 Å². The molecule has 1 saturated heterocycles. The van der Waals surface area contributed by atoms with Crippen LogP contribution in [-0.2, 0) is 14.4 Å². The zero-order valence-corrected chi connectivity index (χ0v) is 22.4. The standard InChI is InChI=1S/C34H27NO5/c1-18-8-9-19(2)27(16-18)35-32(36)28-25(21-10-13-22(39-3)14-11-21)17-26-24-15-12-20-6-4-5-7-23(20)31(24)40-34(38)29(26)30(28)33(35)37/h4-17,25,28-30H,1-3H3/t25-,28-,29-,30-/m0/s1. The number of imide groups is 1. The number of hydrogen-bond donors (Lipinski definition) is 0. The number of rotatable bonds is 3. The van der Waals surface area contributed by atoms with Crippen LogP contribution in [0.1, 0.15) is 28.2 Å². The molecule has 0 radical (unpaired) electrons. The lowest BCUT2D eigenvalue weighted by Crippen LogP contribution is -2.42. The summed E-state index contributed by atoms with van der Waals surface area (Å²) in [6.45, 7) is 3.82. The van der Waals surface area contributed by atoms with E-state index in [0.717, 1.165) is 38.6 Å². The summed E-state index contributed by atoms with van der Waals surface area (Å²) >= 11 is 0. The number of methoxy groups -OCH3 is 1. The highest BCUT2D eigenvalue weighted by atomic mass is 16.5. The van der Waals surface area contributed by atoms with E-state index in [4.69, 9.17) is 9.47 Å². The summed E-state index contributed by atoms with van der Waals surface area (Å²) in [4.78, 5) is 43.5. The number of fused-ring (bicyclic) bond motifs is 7. The molecule has 3 aliphatic rings. The normalized spacial score (nSPS) is 23.3. The van der Waals surface area contributed by atoms with Gasteiger partial charge in [0.05, 0.1) is 30.6 Å². The number of carbonyl (C=O) groups is 3. The van der Waals surface area contributed by atoms with E-state index in [9.17, 15) is 14.4 Å². The molecule has 7 rings (SSSR count). The largest absolute Gasteiger partial charge is 0.497 e. The Morgan fingerprint density at radius 1 is 0.825 bits per heavy atom. The molecule has 2 amide bonds. The maximum Gasteiger partial charge on any atom is 0.319 e. The summed E-state index contributed by atoms with van der Waals surface area (Å²) in [5.41, 5.74) is 4.73. The van der Waals surface area contributed by atoms with E-state index in [1.807, 2.05) is 98.8 Å². The van der Waals surface area contributed by atoms with Crippen molar-refractivity contribution in [3.8, 4) is 11.5 Å². The van der Waals surface area contributed by atoms with Gasteiger partial charge < -0.3 is 9.47 Å². The fraction of sp³-hybridized carbons (Fsp3) is 0.206. The SMILES string of the molecule is COc1ccc([C@@H]2C=C3c4ccc5ccccc5c4OC(=O)[C@@H]3[C@H]3C(=O)N(c4cc(C)ccc4C)C(=O)[C@H]32)cc1. The molecular formula is C34H27NO5. The van der Waals surface area contributed by atoms with Crippen LogP contribution in [0, 0.1) is 31.6 Å². The summed E-state index contributed by atoms with van der Waals surface area (Å²) in [6.07, 6.45) is 2.01. The van der Waals surface area contributed by atoms with Crippen LogP contribution in [0.2, 0.25) is 0 Å². The van der Waals surface area contributed by atoms with Crippen molar-refractivity contribution in [3.63, 3.8) is 0 Å². The Bertz CT molecular complexity index is 1770. The number of benzene rings is 4. The fourth-order valence-electron chi connectivity index (χ4n) is 6.64. The second kappa shape index (κ2) is 8.91. The summed E-state index contributed by atoms with van der Waals surface area (Å²) in [5, 5.41) is 1.79. The molecule has 6 heteroatoms. The van der Waals surface area contributed by atoms with Gasteiger partial charge in [-0.05, 0) is 59.7 Å². The Labute approximate surface area is 231 Å². The molecule has 0 unspecified atom stereocenters. The highest BCUT2D eigenvalue weighted by molar-refractivity contribution is 6.25. The minimum atomic E-state index is -0.883. The van der Waals surface area contributed by atoms with E-state index in [2.05, 4.69) is 0 Å². The molecule has 1 aliphatic carbocycles. The fourth-order valence-corrected chi connectivity index (χ4v) is 6.64. The van der Waals surface area contributed by atoms with Crippen LogP contribution in [-0.4, -0.2) is 24.9 Å². The number of nitrogens with zero attached hydrogens (tertiary/aromatic N) is 1. The van der Waals surface area contributed by atoms with Crippen molar-refractivity contribution in [1.82, 2.24) is 0 Å². The van der Waals surface area contributed by atoms with Gasteiger partial charge in [0.1, 0.15) is 11.5 Å². The lowest BCUT2D eigenvalue weighted by atomic mass is 9.64. The first kappa shape index (κ1) is 24.3. The first-order chi connectivity index (χ1) is 19.4. The van der Waals surface area contributed by atoms with Crippen LogP contribution in [0.3, 0.4) is 0 Å². The van der Waals surface area contributed by atoms with Gasteiger partial charge in [0, 0.05) is 16.9 Å². The lowest BCUT2D eigenvalue weighted by molar-refractivity contribution is -0.142. The second-order valence-electron chi connectivity index (χ2n) is 10.8. The predicted molar refractivity (Wildman–Crippen MR) is 152 cm³/mol. The van der Waals surface area contributed by atoms with Crippen molar-refractivity contribution >= 4 is 39.8 Å². The third-order valence-corrected chi connectivity index (χ3v) is 8.59. The van der Waals surface area contributed by atoms with E-state index in [-0.39, 0.29) is 11.8 Å². The van der Waals surface area contributed by atoms with Crippen molar-refractivity contribution in [1.29, 1.82) is 0 Å². The van der Waals surface area contributed by atoms with E-state index < -0.39 is 29.6 Å². The Kier molecular flexibility index (Phi) is 5.42. The van der Waals surface area contributed by atoms with E-state index in [1.165, 1.54) is 4.90 Å². The van der Waals surface area contributed by atoms with Crippen molar-refractivity contribution in [2.24, 2.45) is 17.8 Å². The van der Waals surface area contributed by atoms with Crippen LogP contribution < -0.4 is 14.4 Å². The molecule has 1 fully saturated rings. The smallest absolute Gasteiger partial charge is 0.319 e. The molecule has 0 bridgehead atoms. The Morgan fingerprint density at radius 2 is 1.57 bits per heavy atom. The number of esters is 1. The Hall–Kier alpha value is -4.71. The average molecular weight is 530 g/mol. The lowest BCUT2D eigenvalue weighted by Gasteiger charge is -2.38. The molecule has 0 saturated carbocycles. The molecule has 2 heterocycles. The molecule has 198 valence electrons. The zero-order chi connectivity index (χ0) is 27.7. The molecule has 4 atom stereocenters. The van der Waals surface area contributed by atoms with Crippen molar-refractivity contribution in [2.75, 3.05) is 12.0 Å². The minimum absolute atomic E-state index is 0.295. The molecule has 40 heavy (non-hydrogen) atoms. The number of amides is 2. The third-order valence-electron chi connectivity index (χ3n) is 8.59. The van der Waals surface area contributed by atoms with E-state index >= 15 is 0 Å². The molecule has 4 aromatic carbocycles. The number of carbonyl (C=O) groups excluding carboxylic acids is 3. The maximum absolute atomic E-state index is 14.3. The minimum Gasteiger partial charge on any atom is -0.497 e. The summed E-state index contributed by atoms with van der Waals surface area (Å²) in [6, 6.07) is 25.0. The van der Waals surface area contributed by atoms with Crippen molar-refractivity contribution in [2.45, 2.75) is 19.8 Å². The monoisotopic (exact) mass is 529 g/mol. The maximum atomic E-state index is 14.3. The van der Waals surface area contributed by atoms with Crippen LogP contribution in [0.15, 0.2) is 84.9 Å². The van der Waals surface area contributed by atoms with E-state index in [1.54, 1.807) is 7.11 Å². The van der Waals surface area contributed by atoms with Crippen LogP contribution in [0.5, 0.6) is 11.5 Å². The van der Waals surface area contributed by atoms with Gasteiger partial charge in [-0.2, -0.15) is 0 Å². The molecule has 0 aromatic heterocycles. The number of anilines is 1. The molecule has 6 nitrogen and oxygen atoms in total. The van der Waals surface area contributed by atoms with Crippen molar-refractivity contribution in [3.05, 3.63) is 107 Å². The van der Waals surface area contributed by atoms with Gasteiger partial charge in [-0.25, -0.2) is 4.90 Å². The summed E-state index contributed by atoms with van der Waals surface area (Å²) < 4.78 is 11.3. The average Bonchev–Trinajstić information content (AvgIpc) is 3.23. The van der Waals surface area contributed by atoms with Gasteiger partial charge in [0.15, 0.2) is 0 Å². The Balaban J connectivity index is 1.45. The van der Waals surface area contributed by atoms with Gasteiger partial charge >= 0.3 is 5.97 Å². The third kappa shape index (κ3) is 3.45. The summed E-state index contributed by atoms with van der Waals surface area (Å²) in [5.74, 6) is -2.88. The van der Waals surface area contributed by atoms with Gasteiger partial charge in [0.25, 0.3) is 0 Å². The highest BCUT2D eigenvalue weighted by Crippen LogP contribution is 2.55. The van der Waals surface area contributed by atoms with Crippen molar-refractivity contribution < 1.29 is 23.9 Å². The Morgan fingerprint density at radius 3 is 2.35 bits per heavy atom. The van der Waals surface area contributed by atoms with Gasteiger partial charge in [-0.3, -0.25) is 14.4 Å². The van der Waals surface area contributed by atoms with Gasteiger partial charge in [0.2, 0.25) is 11.8 Å². The van der Waals surface area contributed by atoms with Crippen LogP contribution in [0.25, 0.3) is 16.3 Å². The molecule has 4 aromatic rings. The molecule has 0 spiro atoms. The van der Waals surface area contributed by atoms with Crippen LogP contribution >= 0.6 is 0 Å². The topological polar surface area (TPSA) is 72.9 Å². The molecule has 2 aliphatic heterocycles. The number of hydrogen-bond acceptors (Lipinski definition) is 5. The van der Waals surface area contributed by atoms with Gasteiger partial charge in [-0.15, -0.1) is 0 Å². The molecular weight excluding hydrogens is 502 g/mol. The quantitative estimate of drug-likeness (QED) is 0.185. The summed E-state index contributed by atoms with van der Waals surface area (Å²) in [7, 11) is 1.61. The first-order valence-corrected chi connectivity index (χ1v) is 13.4. The number of aryl methyl sites for hydroxylation is 2. The first-order valence-electron chi connectivity index (χ1n) is 13.4. The highest BCUT2D eigenvalue weighted by Gasteiger charge is 2.60. The zero-order valence-electron chi connectivity index (χ0n) is 22.4. The van der Waals surface area contributed by atoms with Crippen LogP contribution in [0.4, 0.5) is 5.69 Å². The second-order valence-corrected chi connectivity index (χ2v) is 10.8. The van der Waals surface area contributed by atoms with Gasteiger partial charge in [-0.1, -0.05) is 66.7 Å². The number of ether oxygens (including phenoxy) is 2. The molecule has 0 N–H and O–H groups in total. The number of allylic oxidation sites excluding steroid dienone is 1.